The molecule has 24 heavy (non-hydrogen) atoms. The van der Waals surface area contributed by atoms with Gasteiger partial charge in [0, 0.05) is 29.8 Å². The zero-order valence-electron chi connectivity index (χ0n) is 14.1. The first-order chi connectivity index (χ1) is 11.3. The van der Waals surface area contributed by atoms with Crippen LogP contribution in [-0.4, -0.2) is 19.9 Å². The van der Waals surface area contributed by atoms with Crippen molar-refractivity contribution in [2.24, 2.45) is 7.05 Å². The SMILES string of the molecule is Cn1c(SCc2cc(C(C)(C)C)on2)nnc1-c1ccc(F)cc1. The summed E-state index contributed by atoms with van der Waals surface area (Å²) in [5.41, 5.74) is 1.64. The third kappa shape index (κ3) is 3.51. The summed E-state index contributed by atoms with van der Waals surface area (Å²) in [5.74, 6) is 1.95. The van der Waals surface area contributed by atoms with Gasteiger partial charge in [0.25, 0.3) is 0 Å². The van der Waals surface area contributed by atoms with E-state index in [0.717, 1.165) is 22.2 Å². The Labute approximate surface area is 144 Å². The molecule has 126 valence electrons. The van der Waals surface area contributed by atoms with Crippen molar-refractivity contribution in [2.75, 3.05) is 0 Å². The summed E-state index contributed by atoms with van der Waals surface area (Å²) in [4.78, 5) is 0. The van der Waals surface area contributed by atoms with Gasteiger partial charge in [0.15, 0.2) is 11.0 Å². The summed E-state index contributed by atoms with van der Waals surface area (Å²) in [6.45, 7) is 6.26. The van der Waals surface area contributed by atoms with Crippen LogP contribution in [0, 0.1) is 5.82 Å². The Morgan fingerprint density at radius 2 is 1.88 bits per heavy atom. The lowest BCUT2D eigenvalue weighted by atomic mass is 9.93. The summed E-state index contributed by atoms with van der Waals surface area (Å²) in [6.07, 6.45) is 0. The van der Waals surface area contributed by atoms with E-state index < -0.39 is 0 Å². The van der Waals surface area contributed by atoms with Crippen LogP contribution in [0.15, 0.2) is 40.0 Å². The minimum atomic E-state index is -0.267. The Morgan fingerprint density at radius 1 is 1.17 bits per heavy atom. The van der Waals surface area contributed by atoms with Gasteiger partial charge < -0.3 is 9.09 Å². The maximum Gasteiger partial charge on any atom is 0.191 e. The van der Waals surface area contributed by atoms with Gasteiger partial charge in [-0.3, -0.25) is 0 Å². The maximum absolute atomic E-state index is 13.0. The molecule has 0 N–H and O–H groups in total. The number of rotatable bonds is 4. The van der Waals surface area contributed by atoms with Gasteiger partial charge in [0.1, 0.15) is 11.6 Å². The summed E-state index contributed by atoms with van der Waals surface area (Å²) >= 11 is 1.54. The lowest BCUT2D eigenvalue weighted by molar-refractivity contribution is 0.327. The number of hydrogen-bond acceptors (Lipinski definition) is 5. The van der Waals surface area contributed by atoms with Crippen LogP contribution >= 0.6 is 11.8 Å². The normalized spacial score (nSPS) is 11.9. The molecular formula is C17H19FN4OS. The largest absolute Gasteiger partial charge is 0.361 e. The number of thioether (sulfide) groups is 1. The first-order valence-corrected chi connectivity index (χ1v) is 8.57. The lowest BCUT2D eigenvalue weighted by Gasteiger charge is -2.12. The second-order valence-electron chi connectivity index (χ2n) is 6.59. The van der Waals surface area contributed by atoms with Crippen LogP contribution in [0.2, 0.25) is 0 Å². The molecule has 0 aliphatic carbocycles. The van der Waals surface area contributed by atoms with Crippen molar-refractivity contribution < 1.29 is 8.91 Å². The summed E-state index contributed by atoms with van der Waals surface area (Å²) < 4.78 is 20.3. The van der Waals surface area contributed by atoms with Crippen LogP contribution in [0.1, 0.15) is 32.2 Å². The number of hydrogen-bond donors (Lipinski definition) is 0. The number of aromatic nitrogens is 4. The summed E-state index contributed by atoms with van der Waals surface area (Å²) in [5, 5.41) is 13.3. The molecule has 3 rings (SSSR count). The predicted molar refractivity (Wildman–Crippen MR) is 91.2 cm³/mol. The summed E-state index contributed by atoms with van der Waals surface area (Å²) in [7, 11) is 1.89. The number of halogens is 1. The van der Waals surface area contributed by atoms with Crippen molar-refractivity contribution in [3.8, 4) is 11.4 Å². The fourth-order valence-electron chi connectivity index (χ4n) is 2.16. The smallest absolute Gasteiger partial charge is 0.191 e. The molecule has 0 aliphatic heterocycles. The fourth-order valence-corrected chi connectivity index (χ4v) is 2.95. The van der Waals surface area contributed by atoms with Crippen LogP contribution in [0.3, 0.4) is 0 Å². The highest BCUT2D eigenvalue weighted by atomic mass is 32.2. The van der Waals surface area contributed by atoms with Crippen molar-refractivity contribution >= 4 is 11.8 Å². The van der Waals surface area contributed by atoms with E-state index >= 15 is 0 Å². The third-order valence-electron chi connectivity index (χ3n) is 3.58. The molecule has 2 aromatic heterocycles. The Bertz CT molecular complexity index is 833. The fraction of sp³-hybridized carbons (Fsp3) is 0.353. The Morgan fingerprint density at radius 3 is 2.50 bits per heavy atom. The van der Waals surface area contributed by atoms with E-state index in [4.69, 9.17) is 4.52 Å². The Kier molecular flexibility index (Phi) is 4.45. The molecule has 0 aliphatic rings. The van der Waals surface area contributed by atoms with Gasteiger partial charge in [-0.05, 0) is 24.3 Å². The molecule has 0 bridgehead atoms. The highest BCUT2D eigenvalue weighted by molar-refractivity contribution is 7.98. The van der Waals surface area contributed by atoms with Crippen molar-refractivity contribution in [1.82, 2.24) is 19.9 Å². The molecule has 0 saturated heterocycles. The van der Waals surface area contributed by atoms with Crippen molar-refractivity contribution in [3.63, 3.8) is 0 Å². The van der Waals surface area contributed by atoms with Crippen LogP contribution in [0.5, 0.6) is 0 Å². The van der Waals surface area contributed by atoms with Crippen LogP contribution in [0.25, 0.3) is 11.4 Å². The lowest BCUT2D eigenvalue weighted by Crippen LogP contribution is -2.09. The molecule has 0 radical (unpaired) electrons. The second kappa shape index (κ2) is 6.39. The van der Waals surface area contributed by atoms with Crippen LogP contribution in [-0.2, 0) is 18.2 Å². The topological polar surface area (TPSA) is 56.7 Å². The van der Waals surface area contributed by atoms with E-state index in [1.165, 1.54) is 23.9 Å². The third-order valence-corrected chi connectivity index (χ3v) is 4.64. The van der Waals surface area contributed by atoms with Crippen LogP contribution in [0.4, 0.5) is 4.39 Å². The molecule has 7 heteroatoms. The van der Waals surface area contributed by atoms with E-state index in [0.29, 0.717) is 11.6 Å². The van der Waals surface area contributed by atoms with Gasteiger partial charge in [-0.15, -0.1) is 10.2 Å². The van der Waals surface area contributed by atoms with Gasteiger partial charge in [-0.1, -0.05) is 37.7 Å². The minimum absolute atomic E-state index is 0.0591. The van der Waals surface area contributed by atoms with Crippen LogP contribution < -0.4 is 0 Å². The highest BCUT2D eigenvalue weighted by Gasteiger charge is 2.20. The first-order valence-electron chi connectivity index (χ1n) is 7.59. The molecule has 0 unspecified atom stereocenters. The Balaban J connectivity index is 1.73. The number of benzene rings is 1. The zero-order chi connectivity index (χ0) is 17.3. The van der Waals surface area contributed by atoms with E-state index in [1.54, 1.807) is 12.1 Å². The molecule has 0 spiro atoms. The van der Waals surface area contributed by atoms with Crippen molar-refractivity contribution in [3.05, 3.63) is 47.6 Å². The molecule has 0 saturated carbocycles. The molecule has 0 fully saturated rings. The summed E-state index contributed by atoms with van der Waals surface area (Å²) in [6, 6.07) is 8.20. The predicted octanol–water partition coefficient (Wildman–Crippen LogP) is 4.20. The molecule has 1 aromatic carbocycles. The van der Waals surface area contributed by atoms with E-state index in [1.807, 2.05) is 17.7 Å². The second-order valence-corrected chi connectivity index (χ2v) is 7.54. The Hall–Kier alpha value is -2.15. The number of nitrogens with zero attached hydrogens (tertiary/aromatic N) is 4. The molecule has 2 heterocycles. The van der Waals surface area contributed by atoms with Gasteiger partial charge in [-0.2, -0.15) is 0 Å². The maximum atomic E-state index is 13.0. The van der Waals surface area contributed by atoms with Gasteiger partial charge in [0.05, 0.1) is 5.69 Å². The standard InChI is InChI=1S/C17H19FN4OS/c1-17(2,3)14-9-13(21-23-14)10-24-16-20-19-15(22(16)4)11-5-7-12(18)8-6-11/h5-9H,10H2,1-4H3. The average Bonchev–Trinajstić information content (AvgIpc) is 3.13. The molecule has 0 atom stereocenters. The molecule has 5 nitrogen and oxygen atoms in total. The molecule has 3 aromatic rings. The van der Waals surface area contributed by atoms with Crippen molar-refractivity contribution in [2.45, 2.75) is 37.1 Å². The monoisotopic (exact) mass is 346 g/mol. The van der Waals surface area contributed by atoms with Gasteiger partial charge in [-0.25, -0.2) is 4.39 Å². The quantitative estimate of drug-likeness (QED) is 0.663. The van der Waals surface area contributed by atoms with Gasteiger partial charge >= 0.3 is 0 Å². The average molecular weight is 346 g/mol. The van der Waals surface area contributed by atoms with E-state index in [2.05, 4.69) is 36.1 Å². The minimum Gasteiger partial charge on any atom is -0.361 e. The molecule has 0 amide bonds. The highest BCUT2D eigenvalue weighted by Crippen LogP contribution is 2.27. The zero-order valence-corrected chi connectivity index (χ0v) is 14.9. The van der Waals surface area contributed by atoms with Gasteiger partial charge in [0.2, 0.25) is 0 Å². The van der Waals surface area contributed by atoms with E-state index in [9.17, 15) is 4.39 Å². The van der Waals surface area contributed by atoms with Crippen molar-refractivity contribution in [1.29, 1.82) is 0 Å². The first kappa shape index (κ1) is 16.7. The molecular weight excluding hydrogens is 327 g/mol. The van der Waals surface area contributed by atoms with E-state index in [-0.39, 0.29) is 11.2 Å².